The monoisotopic (exact) mass is 298 g/mol. The lowest BCUT2D eigenvalue weighted by atomic mass is 9.85. The Kier molecular flexibility index (Phi) is 4.99. The predicted octanol–water partition coefficient (Wildman–Crippen LogP) is 3.68. The second kappa shape index (κ2) is 6.75. The zero-order valence-corrected chi connectivity index (χ0v) is 13.0. The molecule has 2 N–H and O–H groups in total. The number of carboxylic acids is 1. The van der Waals surface area contributed by atoms with Gasteiger partial charge in [0.05, 0.1) is 12.0 Å². The molecule has 0 aromatic heterocycles. The van der Waals surface area contributed by atoms with E-state index in [0.29, 0.717) is 12.8 Å². The van der Waals surface area contributed by atoms with Gasteiger partial charge < -0.3 is 10.2 Å². The molecule has 2 aromatic rings. The molecule has 2 aromatic carbocycles. The highest BCUT2D eigenvalue weighted by Crippen LogP contribution is 2.25. The van der Waals surface area contributed by atoms with E-state index in [-0.39, 0.29) is 6.61 Å². The van der Waals surface area contributed by atoms with E-state index in [9.17, 15) is 9.90 Å². The first kappa shape index (κ1) is 16.2. The van der Waals surface area contributed by atoms with Crippen LogP contribution in [0.1, 0.15) is 24.5 Å². The molecule has 3 nitrogen and oxygen atoms in total. The number of hydrogen-bond acceptors (Lipinski definition) is 2. The number of rotatable bonds is 6. The summed E-state index contributed by atoms with van der Waals surface area (Å²) in [4.78, 5) is 11.2. The molecule has 0 amide bonds. The predicted molar refractivity (Wildman–Crippen MR) is 87.8 cm³/mol. The molecule has 0 aliphatic carbocycles. The second-order valence-corrected chi connectivity index (χ2v) is 6.09. The van der Waals surface area contributed by atoms with Crippen LogP contribution in [-0.4, -0.2) is 22.8 Å². The Bertz CT molecular complexity index is 629. The molecule has 0 bridgehead atoms. The van der Waals surface area contributed by atoms with Crippen LogP contribution < -0.4 is 0 Å². The van der Waals surface area contributed by atoms with Crippen molar-refractivity contribution < 1.29 is 15.0 Å². The summed E-state index contributed by atoms with van der Waals surface area (Å²) in [5.41, 5.74) is 3.55. The van der Waals surface area contributed by atoms with Crippen molar-refractivity contribution in [3.05, 3.63) is 59.7 Å². The van der Waals surface area contributed by atoms with Gasteiger partial charge in [0.15, 0.2) is 0 Å². The smallest absolute Gasteiger partial charge is 0.311 e. The molecule has 0 heterocycles. The molecular formula is C19H22O3. The molecule has 0 aliphatic rings. The highest BCUT2D eigenvalue weighted by molar-refractivity contribution is 5.74. The topological polar surface area (TPSA) is 57.5 Å². The van der Waals surface area contributed by atoms with Crippen LogP contribution in [0.2, 0.25) is 0 Å². The average molecular weight is 298 g/mol. The molecule has 0 fully saturated rings. The molecule has 0 radical (unpaired) electrons. The summed E-state index contributed by atoms with van der Waals surface area (Å²) >= 11 is 0. The Balaban J connectivity index is 2.06. The third-order valence-electron chi connectivity index (χ3n) is 4.17. The van der Waals surface area contributed by atoms with Gasteiger partial charge in [0.2, 0.25) is 0 Å². The van der Waals surface area contributed by atoms with Crippen molar-refractivity contribution in [1.29, 1.82) is 0 Å². The molecule has 2 rings (SSSR count). The first-order valence-electron chi connectivity index (χ1n) is 7.45. The van der Waals surface area contributed by atoms with Gasteiger partial charge in [-0.2, -0.15) is 0 Å². The third kappa shape index (κ3) is 3.74. The van der Waals surface area contributed by atoms with Crippen LogP contribution >= 0.6 is 0 Å². The van der Waals surface area contributed by atoms with Crippen LogP contribution in [0.25, 0.3) is 11.1 Å². The number of benzene rings is 2. The second-order valence-electron chi connectivity index (χ2n) is 6.09. The van der Waals surface area contributed by atoms with Gasteiger partial charge in [0.1, 0.15) is 0 Å². The molecule has 116 valence electrons. The largest absolute Gasteiger partial charge is 0.481 e. The normalized spacial score (nSPS) is 13.6. The maximum Gasteiger partial charge on any atom is 0.311 e. The Morgan fingerprint density at radius 3 is 1.95 bits per heavy atom. The van der Waals surface area contributed by atoms with E-state index in [1.807, 2.05) is 12.1 Å². The fraction of sp³-hybridized carbons (Fsp3) is 0.316. The standard InChI is InChI=1S/C19H22O3/c1-14-3-7-16(8-4-14)17-9-5-15(6-10-17)11-12-19(2,13-20)18(21)22/h3-10,20H,11-13H2,1-2H3,(H,21,22). The summed E-state index contributed by atoms with van der Waals surface area (Å²) in [5.74, 6) is -0.953. The zero-order valence-electron chi connectivity index (χ0n) is 13.0. The summed E-state index contributed by atoms with van der Waals surface area (Å²) in [6.07, 6.45) is 1.06. The van der Waals surface area contributed by atoms with Crippen LogP contribution in [-0.2, 0) is 11.2 Å². The number of aliphatic hydroxyl groups excluding tert-OH is 1. The molecular weight excluding hydrogens is 276 g/mol. The minimum Gasteiger partial charge on any atom is -0.481 e. The van der Waals surface area contributed by atoms with Crippen molar-refractivity contribution in [1.82, 2.24) is 0 Å². The van der Waals surface area contributed by atoms with Crippen LogP contribution in [0.15, 0.2) is 48.5 Å². The highest BCUT2D eigenvalue weighted by Gasteiger charge is 2.31. The van der Waals surface area contributed by atoms with Gasteiger partial charge in [0, 0.05) is 0 Å². The van der Waals surface area contributed by atoms with Crippen molar-refractivity contribution in [2.24, 2.45) is 5.41 Å². The number of aliphatic hydroxyl groups is 1. The van der Waals surface area contributed by atoms with Crippen LogP contribution in [0.3, 0.4) is 0 Å². The van der Waals surface area contributed by atoms with Crippen LogP contribution in [0.5, 0.6) is 0 Å². The minimum atomic E-state index is -1.07. The quantitative estimate of drug-likeness (QED) is 0.855. The average Bonchev–Trinajstić information content (AvgIpc) is 2.53. The fourth-order valence-corrected chi connectivity index (χ4v) is 2.28. The molecule has 3 heteroatoms. The molecule has 1 atom stereocenters. The molecule has 0 aliphatic heterocycles. The third-order valence-corrected chi connectivity index (χ3v) is 4.17. The summed E-state index contributed by atoms with van der Waals surface area (Å²) in [7, 11) is 0. The number of carboxylic acid groups (broad SMARTS) is 1. The van der Waals surface area contributed by atoms with Gasteiger partial charge in [-0.1, -0.05) is 54.1 Å². The Hall–Kier alpha value is -2.13. The van der Waals surface area contributed by atoms with Crippen molar-refractivity contribution >= 4 is 5.97 Å². The van der Waals surface area contributed by atoms with Crippen molar-refractivity contribution in [3.63, 3.8) is 0 Å². The molecule has 0 saturated carbocycles. The van der Waals surface area contributed by atoms with Gasteiger partial charge in [-0.05, 0) is 43.4 Å². The first-order valence-corrected chi connectivity index (χ1v) is 7.45. The first-order chi connectivity index (χ1) is 10.4. The van der Waals surface area contributed by atoms with Gasteiger partial charge in [0.25, 0.3) is 0 Å². The summed E-state index contributed by atoms with van der Waals surface area (Å²) in [5, 5.41) is 18.4. The summed E-state index contributed by atoms with van der Waals surface area (Å²) in [6.45, 7) is 3.30. The lowest BCUT2D eigenvalue weighted by Gasteiger charge is -2.21. The maximum absolute atomic E-state index is 11.2. The van der Waals surface area contributed by atoms with E-state index in [0.717, 1.165) is 11.1 Å². The number of carbonyl (C=O) groups is 1. The van der Waals surface area contributed by atoms with Gasteiger partial charge in [-0.15, -0.1) is 0 Å². The van der Waals surface area contributed by atoms with Crippen molar-refractivity contribution in [2.45, 2.75) is 26.7 Å². The van der Waals surface area contributed by atoms with E-state index in [2.05, 4.69) is 43.3 Å². The minimum absolute atomic E-state index is 0.343. The lowest BCUT2D eigenvalue weighted by Crippen LogP contribution is -2.32. The van der Waals surface area contributed by atoms with E-state index >= 15 is 0 Å². The van der Waals surface area contributed by atoms with Crippen molar-refractivity contribution in [2.75, 3.05) is 6.61 Å². The van der Waals surface area contributed by atoms with E-state index < -0.39 is 11.4 Å². The summed E-state index contributed by atoms with van der Waals surface area (Å²) < 4.78 is 0. The van der Waals surface area contributed by atoms with E-state index in [4.69, 9.17) is 5.11 Å². The van der Waals surface area contributed by atoms with Gasteiger partial charge in [-0.25, -0.2) is 0 Å². The Labute approximate surface area is 131 Å². The number of aliphatic carboxylic acids is 1. The molecule has 1 unspecified atom stereocenters. The number of aryl methyl sites for hydroxylation is 2. The molecule has 0 spiro atoms. The van der Waals surface area contributed by atoms with Gasteiger partial charge in [-0.3, -0.25) is 4.79 Å². The maximum atomic E-state index is 11.2. The van der Waals surface area contributed by atoms with Crippen LogP contribution in [0.4, 0.5) is 0 Å². The SMILES string of the molecule is Cc1ccc(-c2ccc(CCC(C)(CO)C(=O)O)cc2)cc1. The summed E-state index contributed by atoms with van der Waals surface area (Å²) in [6, 6.07) is 16.5. The van der Waals surface area contributed by atoms with Gasteiger partial charge >= 0.3 is 5.97 Å². The highest BCUT2D eigenvalue weighted by atomic mass is 16.4. The molecule has 22 heavy (non-hydrogen) atoms. The van der Waals surface area contributed by atoms with E-state index in [1.165, 1.54) is 11.1 Å². The molecule has 0 saturated heterocycles. The van der Waals surface area contributed by atoms with Crippen LogP contribution in [0, 0.1) is 12.3 Å². The zero-order chi connectivity index (χ0) is 16.2. The Morgan fingerprint density at radius 2 is 1.50 bits per heavy atom. The van der Waals surface area contributed by atoms with E-state index in [1.54, 1.807) is 6.92 Å². The lowest BCUT2D eigenvalue weighted by molar-refractivity contribution is -0.150. The van der Waals surface area contributed by atoms with Crippen molar-refractivity contribution in [3.8, 4) is 11.1 Å². The number of hydrogen-bond donors (Lipinski definition) is 2. The fourth-order valence-electron chi connectivity index (χ4n) is 2.28. The Morgan fingerprint density at radius 1 is 1.00 bits per heavy atom.